The average Bonchev–Trinajstić information content (AvgIpc) is 2.31. The molecule has 1 amide bonds. The van der Waals surface area contributed by atoms with Crippen molar-refractivity contribution < 1.29 is 4.79 Å². The van der Waals surface area contributed by atoms with Gasteiger partial charge in [0.25, 0.3) is 0 Å². The van der Waals surface area contributed by atoms with Crippen LogP contribution in [0.2, 0.25) is 5.02 Å². The molecule has 0 radical (unpaired) electrons. The van der Waals surface area contributed by atoms with Crippen LogP contribution >= 0.6 is 11.6 Å². The van der Waals surface area contributed by atoms with Gasteiger partial charge in [-0.1, -0.05) is 17.7 Å². The van der Waals surface area contributed by atoms with Gasteiger partial charge < -0.3 is 15.5 Å². The third-order valence-electron chi connectivity index (χ3n) is 3.52. The fourth-order valence-electron chi connectivity index (χ4n) is 2.40. The summed E-state index contributed by atoms with van der Waals surface area (Å²) in [5, 5.41) is 0.523. The molecule has 0 aliphatic carbocycles. The van der Waals surface area contributed by atoms with Crippen molar-refractivity contribution in [3.63, 3.8) is 0 Å². The molecule has 4 nitrogen and oxygen atoms in total. The molecule has 0 spiro atoms. The summed E-state index contributed by atoms with van der Waals surface area (Å²) in [6.45, 7) is 5.25. The molecule has 1 aromatic carbocycles. The number of benzene rings is 1. The molecule has 2 rings (SSSR count). The van der Waals surface area contributed by atoms with Gasteiger partial charge in [0, 0.05) is 20.1 Å². The number of carbonyl (C=O) groups is 1. The van der Waals surface area contributed by atoms with Gasteiger partial charge in [0.1, 0.15) is 5.54 Å². The minimum Gasteiger partial charge on any atom is -0.396 e. The zero-order valence-corrected chi connectivity index (χ0v) is 11.7. The highest BCUT2D eigenvalue weighted by Crippen LogP contribution is 2.35. The second-order valence-electron chi connectivity index (χ2n) is 5.11. The Morgan fingerprint density at radius 3 is 2.67 bits per heavy atom. The minimum atomic E-state index is -0.605. The van der Waals surface area contributed by atoms with Crippen LogP contribution < -0.4 is 10.6 Å². The van der Waals surface area contributed by atoms with Crippen LogP contribution in [0.15, 0.2) is 18.2 Å². The summed E-state index contributed by atoms with van der Waals surface area (Å²) in [6.07, 6.45) is 0. The van der Waals surface area contributed by atoms with Gasteiger partial charge in [0.05, 0.1) is 16.4 Å². The normalized spacial score (nSPS) is 19.2. The molecule has 18 heavy (non-hydrogen) atoms. The van der Waals surface area contributed by atoms with Crippen LogP contribution in [0.1, 0.15) is 13.8 Å². The number of rotatable bonds is 1. The van der Waals surface area contributed by atoms with Crippen LogP contribution in [0.3, 0.4) is 0 Å². The molecule has 0 aromatic heterocycles. The molecule has 98 valence electrons. The van der Waals surface area contributed by atoms with Gasteiger partial charge >= 0.3 is 0 Å². The number of nitrogen functional groups attached to an aromatic ring is 1. The number of piperazine rings is 1. The van der Waals surface area contributed by atoms with E-state index in [0.717, 1.165) is 12.2 Å². The number of anilines is 2. The van der Waals surface area contributed by atoms with Gasteiger partial charge in [-0.05, 0) is 26.0 Å². The Morgan fingerprint density at radius 2 is 2.00 bits per heavy atom. The number of halogens is 1. The fraction of sp³-hybridized carbons (Fsp3) is 0.462. The summed E-state index contributed by atoms with van der Waals surface area (Å²) in [5.41, 5.74) is 6.77. The second-order valence-corrected chi connectivity index (χ2v) is 5.52. The van der Waals surface area contributed by atoms with Crippen molar-refractivity contribution in [2.45, 2.75) is 19.4 Å². The van der Waals surface area contributed by atoms with Crippen LogP contribution in [-0.4, -0.2) is 36.5 Å². The van der Waals surface area contributed by atoms with Crippen LogP contribution in [0.4, 0.5) is 11.4 Å². The summed E-state index contributed by atoms with van der Waals surface area (Å²) in [6, 6.07) is 5.51. The number of amides is 1. The van der Waals surface area contributed by atoms with E-state index in [1.165, 1.54) is 0 Å². The van der Waals surface area contributed by atoms with E-state index in [0.29, 0.717) is 17.3 Å². The largest absolute Gasteiger partial charge is 0.396 e. The van der Waals surface area contributed by atoms with Crippen molar-refractivity contribution in [1.29, 1.82) is 0 Å². The zero-order chi connectivity index (χ0) is 13.5. The molecule has 1 aliphatic rings. The number of nitrogens with two attached hydrogens (primary N) is 1. The van der Waals surface area contributed by atoms with E-state index in [-0.39, 0.29) is 5.91 Å². The van der Waals surface area contributed by atoms with E-state index >= 15 is 0 Å². The Labute approximate surface area is 112 Å². The molecule has 0 bridgehead atoms. The van der Waals surface area contributed by atoms with Crippen molar-refractivity contribution in [1.82, 2.24) is 4.90 Å². The van der Waals surface area contributed by atoms with Crippen molar-refractivity contribution in [3.05, 3.63) is 23.2 Å². The topological polar surface area (TPSA) is 49.6 Å². The number of hydrogen-bond acceptors (Lipinski definition) is 3. The van der Waals surface area contributed by atoms with E-state index < -0.39 is 5.54 Å². The maximum atomic E-state index is 12.2. The first-order chi connectivity index (χ1) is 8.35. The lowest BCUT2D eigenvalue weighted by molar-refractivity contribution is -0.136. The number of para-hydroxylation sites is 1. The molecule has 0 unspecified atom stereocenters. The van der Waals surface area contributed by atoms with E-state index in [1.54, 1.807) is 11.0 Å². The molecule has 1 heterocycles. The van der Waals surface area contributed by atoms with Gasteiger partial charge in [-0.3, -0.25) is 4.79 Å². The lowest BCUT2D eigenvalue weighted by Crippen LogP contribution is -2.62. The molecular weight excluding hydrogens is 250 g/mol. The predicted molar refractivity (Wildman–Crippen MR) is 74.9 cm³/mol. The SMILES string of the molecule is CN1CCN(c2cccc(Cl)c2N)C(C)(C)C1=O. The van der Waals surface area contributed by atoms with Gasteiger partial charge in [0.15, 0.2) is 0 Å². The van der Waals surface area contributed by atoms with Gasteiger partial charge in [0.2, 0.25) is 5.91 Å². The molecule has 5 heteroatoms. The minimum absolute atomic E-state index is 0.0909. The molecule has 1 saturated heterocycles. The Balaban J connectivity index is 2.45. The summed E-state index contributed by atoms with van der Waals surface area (Å²) < 4.78 is 0. The van der Waals surface area contributed by atoms with Crippen molar-refractivity contribution >= 4 is 28.9 Å². The van der Waals surface area contributed by atoms with Gasteiger partial charge in [-0.25, -0.2) is 0 Å². The quantitative estimate of drug-likeness (QED) is 0.792. The predicted octanol–water partition coefficient (Wildman–Crippen LogP) is 1.98. The van der Waals surface area contributed by atoms with Gasteiger partial charge in [-0.15, -0.1) is 0 Å². The average molecular weight is 268 g/mol. The maximum Gasteiger partial charge on any atom is 0.247 e. The standard InChI is InChI=1S/C13H18ClN3O/c1-13(2)12(18)16(3)7-8-17(13)10-6-4-5-9(14)11(10)15/h4-6H,7-8,15H2,1-3H3. The number of hydrogen-bond donors (Lipinski definition) is 1. The molecule has 2 N–H and O–H groups in total. The highest BCUT2D eigenvalue weighted by molar-refractivity contribution is 6.33. The van der Waals surface area contributed by atoms with E-state index in [1.807, 2.05) is 37.9 Å². The number of nitrogens with zero attached hydrogens (tertiary/aromatic N) is 2. The fourth-order valence-corrected chi connectivity index (χ4v) is 2.57. The molecule has 1 fully saturated rings. The zero-order valence-electron chi connectivity index (χ0n) is 10.9. The summed E-state index contributed by atoms with van der Waals surface area (Å²) in [5.74, 6) is 0.0909. The lowest BCUT2D eigenvalue weighted by Gasteiger charge is -2.46. The first kappa shape index (κ1) is 13.0. The Hall–Kier alpha value is -1.42. The van der Waals surface area contributed by atoms with Crippen molar-refractivity contribution in [2.24, 2.45) is 0 Å². The third-order valence-corrected chi connectivity index (χ3v) is 3.85. The summed E-state index contributed by atoms with van der Waals surface area (Å²) in [7, 11) is 1.82. The molecular formula is C13H18ClN3O. The highest BCUT2D eigenvalue weighted by Gasteiger charge is 2.41. The molecule has 0 saturated carbocycles. The second kappa shape index (κ2) is 4.35. The summed E-state index contributed by atoms with van der Waals surface area (Å²) in [4.78, 5) is 16.0. The molecule has 0 atom stereocenters. The van der Waals surface area contributed by atoms with Crippen LogP contribution in [0, 0.1) is 0 Å². The molecule has 1 aromatic rings. The Bertz CT molecular complexity index is 487. The van der Waals surface area contributed by atoms with E-state index in [9.17, 15) is 4.79 Å². The van der Waals surface area contributed by atoms with E-state index in [2.05, 4.69) is 0 Å². The number of likely N-dealkylation sites (N-methyl/N-ethyl adjacent to an activating group) is 1. The smallest absolute Gasteiger partial charge is 0.247 e. The maximum absolute atomic E-state index is 12.2. The monoisotopic (exact) mass is 267 g/mol. The first-order valence-corrected chi connectivity index (χ1v) is 6.30. The van der Waals surface area contributed by atoms with Crippen LogP contribution in [0.25, 0.3) is 0 Å². The lowest BCUT2D eigenvalue weighted by atomic mass is 9.96. The Kier molecular flexibility index (Phi) is 3.15. The summed E-state index contributed by atoms with van der Waals surface area (Å²) >= 11 is 6.04. The van der Waals surface area contributed by atoms with Gasteiger partial charge in [-0.2, -0.15) is 0 Å². The van der Waals surface area contributed by atoms with E-state index in [4.69, 9.17) is 17.3 Å². The van der Waals surface area contributed by atoms with Crippen molar-refractivity contribution in [2.75, 3.05) is 30.8 Å². The molecule has 1 aliphatic heterocycles. The highest BCUT2D eigenvalue weighted by atomic mass is 35.5. The Morgan fingerprint density at radius 1 is 1.33 bits per heavy atom. The van der Waals surface area contributed by atoms with Crippen LogP contribution in [-0.2, 0) is 4.79 Å². The van der Waals surface area contributed by atoms with Crippen LogP contribution in [0.5, 0.6) is 0 Å². The first-order valence-electron chi connectivity index (χ1n) is 5.93. The number of carbonyl (C=O) groups excluding carboxylic acids is 1. The third kappa shape index (κ3) is 1.90. The van der Waals surface area contributed by atoms with Crippen molar-refractivity contribution in [3.8, 4) is 0 Å².